The van der Waals surface area contributed by atoms with E-state index in [9.17, 15) is 14.0 Å². The van der Waals surface area contributed by atoms with Gasteiger partial charge in [0.1, 0.15) is 21.9 Å². The molecule has 11 heteroatoms. The number of hydrogen-bond donors (Lipinski definition) is 2. The maximum absolute atomic E-state index is 13.7. The monoisotopic (exact) mass is 426 g/mol. The molecule has 0 bridgehead atoms. The van der Waals surface area contributed by atoms with Crippen LogP contribution in [0.25, 0.3) is 10.2 Å². The third kappa shape index (κ3) is 2.82. The van der Waals surface area contributed by atoms with E-state index in [2.05, 4.69) is 25.6 Å². The van der Waals surface area contributed by atoms with Crippen LogP contribution in [0.2, 0.25) is 0 Å². The Kier molecular flexibility index (Phi) is 4.00. The molecule has 0 atom stereocenters. The average Bonchev–Trinajstić information content (AvgIpc) is 3.33. The number of amides is 3. The average molecular weight is 426 g/mol. The molecule has 0 radical (unpaired) electrons. The molecule has 0 unspecified atom stereocenters. The van der Waals surface area contributed by atoms with Gasteiger partial charge in [-0.3, -0.25) is 10.1 Å². The number of carbonyl (C=O) groups excluding carboxylic acids is 2. The quantitative estimate of drug-likeness (QED) is 0.501. The van der Waals surface area contributed by atoms with E-state index in [1.165, 1.54) is 34.7 Å². The molecule has 3 amide bonds. The van der Waals surface area contributed by atoms with Crippen LogP contribution in [0.15, 0.2) is 36.1 Å². The summed E-state index contributed by atoms with van der Waals surface area (Å²) >= 11 is 2.44. The second-order valence-electron chi connectivity index (χ2n) is 6.17. The third-order valence-corrected chi connectivity index (χ3v) is 6.16. The van der Waals surface area contributed by atoms with Crippen molar-refractivity contribution in [2.24, 2.45) is 0 Å². The van der Waals surface area contributed by atoms with E-state index in [-0.39, 0.29) is 5.82 Å². The first-order chi connectivity index (χ1) is 14.0. The molecule has 8 nitrogen and oxygen atoms in total. The fourth-order valence-electron chi connectivity index (χ4n) is 3.07. The van der Waals surface area contributed by atoms with Crippen LogP contribution in [0, 0.1) is 12.7 Å². The van der Waals surface area contributed by atoms with Gasteiger partial charge < -0.3 is 5.32 Å². The molecule has 2 N–H and O–H groups in total. The highest BCUT2D eigenvalue weighted by atomic mass is 32.1. The zero-order valence-electron chi connectivity index (χ0n) is 14.8. The Morgan fingerprint density at radius 2 is 2.14 bits per heavy atom. The van der Waals surface area contributed by atoms with Crippen LogP contribution < -0.4 is 15.5 Å². The molecular formula is C18H11FN6O2S2. The molecule has 3 aromatic heterocycles. The summed E-state index contributed by atoms with van der Waals surface area (Å²) in [6.45, 7) is 1.62. The van der Waals surface area contributed by atoms with Gasteiger partial charge in [-0.15, -0.1) is 22.7 Å². The lowest BCUT2D eigenvalue weighted by atomic mass is 10.1. The van der Waals surface area contributed by atoms with E-state index in [0.717, 1.165) is 11.3 Å². The van der Waals surface area contributed by atoms with Crippen LogP contribution in [0.5, 0.6) is 0 Å². The zero-order chi connectivity index (χ0) is 20.1. The molecule has 144 valence electrons. The van der Waals surface area contributed by atoms with Gasteiger partial charge in [0.15, 0.2) is 10.9 Å². The lowest BCUT2D eigenvalue weighted by Crippen LogP contribution is -2.35. The van der Waals surface area contributed by atoms with Crippen LogP contribution in [-0.2, 0) is 0 Å². The highest BCUT2D eigenvalue weighted by Crippen LogP contribution is 2.44. The summed E-state index contributed by atoms with van der Waals surface area (Å²) in [5.41, 5.74) is 1.22. The number of anilines is 4. The van der Waals surface area contributed by atoms with Gasteiger partial charge in [0.25, 0.3) is 5.91 Å². The normalized spacial score (nSPS) is 12.9. The van der Waals surface area contributed by atoms with Gasteiger partial charge in [-0.25, -0.2) is 29.0 Å². The lowest BCUT2D eigenvalue weighted by molar-refractivity contribution is 0.103. The van der Waals surface area contributed by atoms with Crippen molar-refractivity contribution in [1.82, 2.24) is 15.0 Å². The highest BCUT2D eigenvalue weighted by Gasteiger charge is 2.34. The van der Waals surface area contributed by atoms with E-state index in [1.54, 1.807) is 24.6 Å². The summed E-state index contributed by atoms with van der Waals surface area (Å²) in [5.74, 6) is -0.420. The SMILES string of the molecule is Cc1cc(N2C(=O)Nc3c(C(=O)Nc4nccs4)sc4ncnc2c34)ccc1F. The van der Waals surface area contributed by atoms with Gasteiger partial charge in [-0.2, -0.15) is 0 Å². The summed E-state index contributed by atoms with van der Waals surface area (Å²) in [4.78, 5) is 40.4. The fraction of sp³-hybridized carbons (Fsp3) is 0.0556. The van der Waals surface area contributed by atoms with Gasteiger partial charge in [-0.05, 0) is 30.7 Å². The van der Waals surface area contributed by atoms with Crippen molar-refractivity contribution >= 4 is 67.2 Å². The van der Waals surface area contributed by atoms with Crippen LogP contribution in [0.3, 0.4) is 0 Å². The Morgan fingerprint density at radius 1 is 1.28 bits per heavy atom. The Labute approximate surface area is 171 Å². The smallest absolute Gasteiger partial charge is 0.305 e. The maximum Gasteiger partial charge on any atom is 0.332 e. The minimum absolute atomic E-state index is 0.306. The number of aromatic nitrogens is 3. The molecule has 1 aliphatic rings. The first kappa shape index (κ1) is 17.6. The van der Waals surface area contributed by atoms with E-state index < -0.39 is 11.9 Å². The molecule has 0 fully saturated rings. The summed E-state index contributed by atoms with van der Waals surface area (Å²) in [6.07, 6.45) is 2.92. The van der Waals surface area contributed by atoms with Crippen molar-refractivity contribution in [1.29, 1.82) is 0 Å². The van der Waals surface area contributed by atoms with Crippen LogP contribution in [-0.4, -0.2) is 26.9 Å². The Hall–Kier alpha value is -3.44. The van der Waals surface area contributed by atoms with Crippen LogP contribution in [0.4, 0.5) is 31.5 Å². The second kappa shape index (κ2) is 6.57. The molecule has 0 saturated heterocycles. The molecule has 5 rings (SSSR count). The predicted molar refractivity (Wildman–Crippen MR) is 110 cm³/mol. The fourth-order valence-corrected chi connectivity index (χ4v) is 4.58. The van der Waals surface area contributed by atoms with Crippen molar-refractivity contribution in [3.05, 3.63) is 52.4 Å². The highest BCUT2D eigenvalue weighted by molar-refractivity contribution is 7.21. The maximum atomic E-state index is 13.7. The summed E-state index contributed by atoms with van der Waals surface area (Å²) < 4.78 is 13.7. The molecule has 1 aliphatic heterocycles. The van der Waals surface area contributed by atoms with E-state index >= 15 is 0 Å². The number of thiazole rings is 1. The molecule has 0 aliphatic carbocycles. The summed E-state index contributed by atoms with van der Waals surface area (Å²) in [6, 6.07) is 3.87. The number of benzene rings is 1. The minimum Gasteiger partial charge on any atom is -0.305 e. The number of nitrogens with one attached hydrogen (secondary N) is 2. The van der Waals surface area contributed by atoms with Gasteiger partial charge in [-0.1, -0.05) is 0 Å². The number of hydrogen-bond acceptors (Lipinski definition) is 7. The van der Waals surface area contributed by atoms with Crippen molar-refractivity contribution in [3.8, 4) is 0 Å². The van der Waals surface area contributed by atoms with Gasteiger partial charge in [0.2, 0.25) is 0 Å². The molecule has 0 spiro atoms. The number of halogens is 1. The molecule has 0 saturated carbocycles. The van der Waals surface area contributed by atoms with E-state index in [0.29, 0.717) is 43.0 Å². The summed E-state index contributed by atoms with van der Waals surface area (Å²) in [7, 11) is 0. The minimum atomic E-state index is -0.495. The predicted octanol–water partition coefficient (Wildman–Crippen LogP) is 4.53. The number of aryl methyl sites for hydroxylation is 1. The Balaban J connectivity index is 1.64. The number of nitrogens with zero attached hydrogens (tertiary/aromatic N) is 4. The van der Waals surface area contributed by atoms with E-state index in [1.807, 2.05) is 0 Å². The van der Waals surface area contributed by atoms with Gasteiger partial charge in [0.05, 0.1) is 16.8 Å². The van der Waals surface area contributed by atoms with Gasteiger partial charge >= 0.3 is 6.03 Å². The Morgan fingerprint density at radius 3 is 2.90 bits per heavy atom. The van der Waals surface area contributed by atoms with Gasteiger partial charge in [0, 0.05) is 11.6 Å². The largest absolute Gasteiger partial charge is 0.332 e. The van der Waals surface area contributed by atoms with Crippen LogP contribution in [0.1, 0.15) is 15.2 Å². The lowest BCUT2D eigenvalue weighted by Gasteiger charge is -2.27. The zero-order valence-corrected chi connectivity index (χ0v) is 16.4. The van der Waals surface area contributed by atoms with Crippen LogP contribution >= 0.6 is 22.7 Å². The molecule has 29 heavy (non-hydrogen) atoms. The molecule has 1 aromatic carbocycles. The number of rotatable bonds is 3. The Bertz CT molecular complexity index is 1290. The van der Waals surface area contributed by atoms with Crippen molar-refractivity contribution in [3.63, 3.8) is 0 Å². The molecular weight excluding hydrogens is 415 g/mol. The topological polar surface area (TPSA) is 100 Å². The van der Waals surface area contributed by atoms with Crippen molar-refractivity contribution in [2.45, 2.75) is 6.92 Å². The first-order valence-corrected chi connectivity index (χ1v) is 10.1. The first-order valence-electron chi connectivity index (χ1n) is 8.38. The third-order valence-electron chi connectivity index (χ3n) is 4.37. The van der Waals surface area contributed by atoms with Crippen molar-refractivity contribution < 1.29 is 14.0 Å². The van der Waals surface area contributed by atoms with Crippen molar-refractivity contribution in [2.75, 3.05) is 15.5 Å². The standard InChI is InChI=1S/C18H11FN6O2S2/c1-8-6-9(2-3-10(8)19)25-14-11-12(23-18(25)27)13(29-16(11)22-7-21-14)15(26)24-17-20-4-5-28-17/h2-7H,1H3,(H,23,27)(H,20,24,26). The summed E-state index contributed by atoms with van der Waals surface area (Å²) in [5, 5.41) is 8.24. The molecule has 4 heterocycles. The molecule has 4 aromatic rings. The number of thiophene rings is 1. The van der Waals surface area contributed by atoms with E-state index in [4.69, 9.17) is 0 Å². The number of urea groups is 1. The number of carbonyl (C=O) groups is 2. The second-order valence-corrected chi connectivity index (χ2v) is 8.07.